The summed E-state index contributed by atoms with van der Waals surface area (Å²) in [5, 5.41) is 3.75. The zero-order valence-corrected chi connectivity index (χ0v) is 12.8. The Morgan fingerprint density at radius 2 is 2.16 bits per heavy atom. The van der Waals surface area contributed by atoms with Crippen LogP contribution in [0.4, 0.5) is 0 Å². The van der Waals surface area contributed by atoms with Crippen LogP contribution in [0.3, 0.4) is 0 Å². The fourth-order valence-corrected chi connectivity index (χ4v) is 4.54. The molecule has 1 aromatic rings. The van der Waals surface area contributed by atoms with E-state index < -0.39 is 0 Å². The first kappa shape index (κ1) is 13.5. The van der Waals surface area contributed by atoms with Crippen molar-refractivity contribution in [3.05, 3.63) is 16.6 Å². The maximum atomic E-state index is 4.25. The average Bonchev–Trinajstić information content (AvgIpc) is 3.05. The summed E-state index contributed by atoms with van der Waals surface area (Å²) in [5.74, 6) is 0. The molecule has 1 N–H and O–H groups in total. The van der Waals surface area contributed by atoms with Crippen molar-refractivity contribution in [3.8, 4) is 0 Å². The monoisotopic (exact) mass is 279 g/mol. The average molecular weight is 279 g/mol. The van der Waals surface area contributed by atoms with E-state index in [2.05, 4.69) is 29.0 Å². The van der Waals surface area contributed by atoms with Crippen molar-refractivity contribution in [1.29, 1.82) is 0 Å². The summed E-state index contributed by atoms with van der Waals surface area (Å²) >= 11 is 1.80. The first-order valence-corrected chi connectivity index (χ1v) is 8.56. The Bertz CT molecular complexity index is 380. The number of nitrogens with one attached hydrogen (secondary N) is 1. The fourth-order valence-electron chi connectivity index (χ4n) is 3.84. The molecule has 2 aliphatic rings. The molecule has 3 atom stereocenters. The van der Waals surface area contributed by atoms with Gasteiger partial charge in [-0.25, -0.2) is 0 Å². The van der Waals surface area contributed by atoms with E-state index in [1.165, 1.54) is 43.5 Å². The molecular formula is C15H25N3S. The highest BCUT2D eigenvalue weighted by molar-refractivity contribution is 7.09. The normalized spacial score (nSPS) is 31.8. The molecule has 2 fully saturated rings. The minimum absolute atomic E-state index is 0.523. The molecule has 2 aliphatic heterocycles. The van der Waals surface area contributed by atoms with Gasteiger partial charge in [0.2, 0.25) is 0 Å². The molecule has 0 radical (unpaired) electrons. The highest BCUT2D eigenvalue weighted by Crippen LogP contribution is 2.34. The highest BCUT2D eigenvalue weighted by atomic mass is 32.1. The minimum Gasteiger partial charge on any atom is -0.311 e. The van der Waals surface area contributed by atoms with Gasteiger partial charge in [0.1, 0.15) is 0 Å². The van der Waals surface area contributed by atoms with Gasteiger partial charge in [0.25, 0.3) is 0 Å². The molecule has 0 aromatic carbocycles. The van der Waals surface area contributed by atoms with E-state index in [9.17, 15) is 0 Å². The first-order valence-electron chi connectivity index (χ1n) is 7.68. The van der Waals surface area contributed by atoms with E-state index in [1.807, 2.05) is 11.7 Å². The maximum absolute atomic E-state index is 4.25. The summed E-state index contributed by atoms with van der Waals surface area (Å²) in [5.41, 5.74) is 1.96. The Balaban J connectivity index is 1.73. The molecule has 106 valence electrons. The molecule has 3 rings (SSSR count). The lowest BCUT2D eigenvalue weighted by Crippen LogP contribution is -2.49. The van der Waals surface area contributed by atoms with Gasteiger partial charge in [-0.1, -0.05) is 6.92 Å². The molecule has 0 amide bonds. The standard InChI is InChI=1S/C15H25N3S/c1-3-6-18(11(2)15-9-16-10-19-15)14-7-12-4-5-13(8-14)17-12/h9-14,17H,3-8H2,1-2H3. The Hall–Kier alpha value is -0.450. The smallest absolute Gasteiger partial charge is 0.0794 e. The fraction of sp³-hybridized carbons (Fsp3) is 0.800. The molecule has 0 saturated carbocycles. The summed E-state index contributed by atoms with van der Waals surface area (Å²) in [7, 11) is 0. The lowest BCUT2D eigenvalue weighted by Gasteiger charge is -2.40. The molecule has 19 heavy (non-hydrogen) atoms. The van der Waals surface area contributed by atoms with Gasteiger partial charge < -0.3 is 5.32 Å². The molecule has 2 bridgehead atoms. The minimum atomic E-state index is 0.523. The van der Waals surface area contributed by atoms with Crippen LogP contribution in [0.2, 0.25) is 0 Å². The second-order valence-electron chi connectivity index (χ2n) is 6.08. The molecule has 2 saturated heterocycles. The number of hydrogen-bond acceptors (Lipinski definition) is 4. The quantitative estimate of drug-likeness (QED) is 0.897. The van der Waals surface area contributed by atoms with E-state index in [-0.39, 0.29) is 0 Å². The van der Waals surface area contributed by atoms with Crippen molar-refractivity contribution in [1.82, 2.24) is 15.2 Å². The summed E-state index contributed by atoms with van der Waals surface area (Å²) in [6.07, 6.45) is 8.72. The zero-order valence-electron chi connectivity index (χ0n) is 12.0. The van der Waals surface area contributed by atoms with Crippen LogP contribution in [-0.2, 0) is 0 Å². The molecule has 3 unspecified atom stereocenters. The van der Waals surface area contributed by atoms with Crippen molar-refractivity contribution in [2.24, 2.45) is 0 Å². The second-order valence-corrected chi connectivity index (χ2v) is 7.00. The van der Waals surface area contributed by atoms with E-state index >= 15 is 0 Å². The number of hydrogen-bond donors (Lipinski definition) is 1. The van der Waals surface area contributed by atoms with Crippen molar-refractivity contribution in [2.45, 2.75) is 70.1 Å². The van der Waals surface area contributed by atoms with Gasteiger partial charge in [0, 0.05) is 35.2 Å². The number of piperidine rings is 1. The van der Waals surface area contributed by atoms with E-state index in [0.29, 0.717) is 6.04 Å². The van der Waals surface area contributed by atoms with Gasteiger partial charge in [-0.15, -0.1) is 11.3 Å². The molecule has 3 nitrogen and oxygen atoms in total. The van der Waals surface area contributed by atoms with Crippen LogP contribution < -0.4 is 5.32 Å². The molecule has 3 heterocycles. The predicted octanol–water partition coefficient (Wildman–Crippen LogP) is 3.20. The molecule has 0 aliphatic carbocycles. The summed E-state index contributed by atoms with van der Waals surface area (Å²) < 4.78 is 0. The lowest BCUT2D eigenvalue weighted by atomic mass is 9.96. The summed E-state index contributed by atoms with van der Waals surface area (Å²) in [6, 6.07) is 2.83. The molecule has 0 spiro atoms. The Morgan fingerprint density at radius 3 is 2.74 bits per heavy atom. The van der Waals surface area contributed by atoms with Gasteiger partial charge in [0.05, 0.1) is 5.51 Å². The number of fused-ring (bicyclic) bond motifs is 2. The van der Waals surface area contributed by atoms with Crippen LogP contribution in [0.1, 0.15) is 56.9 Å². The van der Waals surface area contributed by atoms with Gasteiger partial charge in [-0.2, -0.15) is 0 Å². The number of aromatic nitrogens is 1. The number of thiazole rings is 1. The number of nitrogens with zero attached hydrogens (tertiary/aromatic N) is 2. The molecular weight excluding hydrogens is 254 g/mol. The van der Waals surface area contributed by atoms with Gasteiger partial charge in [-0.05, 0) is 45.6 Å². The van der Waals surface area contributed by atoms with Crippen molar-refractivity contribution in [3.63, 3.8) is 0 Å². The largest absolute Gasteiger partial charge is 0.311 e. The number of rotatable bonds is 5. The van der Waals surface area contributed by atoms with Crippen LogP contribution in [0.15, 0.2) is 11.7 Å². The van der Waals surface area contributed by atoms with Crippen molar-refractivity contribution < 1.29 is 0 Å². The van der Waals surface area contributed by atoms with Crippen LogP contribution in [0.25, 0.3) is 0 Å². The van der Waals surface area contributed by atoms with Crippen LogP contribution >= 0.6 is 11.3 Å². The van der Waals surface area contributed by atoms with E-state index in [1.54, 1.807) is 11.3 Å². The van der Waals surface area contributed by atoms with Crippen LogP contribution in [0.5, 0.6) is 0 Å². The Morgan fingerprint density at radius 1 is 1.42 bits per heavy atom. The van der Waals surface area contributed by atoms with Crippen molar-refractivity contribution >= 4 is 11.3 Å². The third-order valence-electron chi connectivity index (χ3n) is 4.76. The molecule has 4 heteroatoms. The lowest BCUT2D eigenvalue weighted by molar-refractivity contribution is 0.103. The highest BCUT2D eigenvalue weighted by Gasteiger charge is 2.37. The Kier molecular flexibility index (Phi) is 4.20. The van der Waals surface area contributed by atoms with Crippen LogP contribution in [-0.4, -0.2) is 34.6 Å². The van der Waals surface area contributed by atoms with Crippen molar-refractivity contribution in [2.75, 3.05) is 6.54 Å². The van der Waals surface area contributed by atoms with E-state index in [0.717, 1.165) is 18.1 Å². The second kappa shape index (κ2) is 5.90. The van der Waals surface area contributed by atoms with Gasteiger partial charge in [0.15, 0.2) is 0 Å². The van der Waals surface area contributed by atoms with Gasteiger partial charge in [-0.3, -0.25) is 9.88 Å². The zero-order chi connectivity index (χ0) is 13.2. The third-order valence-corrected chi connectivity index (χ3v) is 5.71. The van der Waals surface area contributed by atoms with Gasteiger partial charge >= 0.3 is 0 Å². The Labute approximate surface area is 120 Å². The van der Waals surface area contributed by atoms with E-state index in [4.69, 9.17) is 0 Å². The molecule has 1 aromatic heterocycles. The summed E-state index contributed by atoms with van der Waals surface area (Å²) in [4.78, 5) is 8.40. The van der Waals surface area contributed by atoms with Crippen LogP contribution in [0, 0.1) is 0 Å². The SMILES string of the molecule is CCCN(C1CC2CCC(C1)N2)C(C)c1cncs1. The third kappa shape index (κ3) is 2.86. The summed E-state index contributed by atoms with van der Waals surface area (Å²) in [6.45, 7) is 5.86. The topological polar surface area (TPSA) is 28.2 Å². The first-order chi connectivity index (χ1) is 9.28. The maximum Gasteiger partial charge on any atom is 0.0794 e. The predicted molar refractivity (Wildman–Crippen MR) is 80.5 cm³/mol.